The standard InChI is InChI=1S/C20H23NO6S/c1-12-16(13-8-6-5-7-9-13)17(19(25)27-20(2,3)4)18(28-12)21-14(22)10-26-11-15(23)24/h5-9H,10-11H2,1-4H3,(H,21,22)(H,23,24). The Morgan fingerprint density at radius 3 is 2.32 bits per heavy atom. The second kappa shape index (κ2) is 8.99. The average Bonchev–Trinajstić information content (AvgIpc) is 2.89. The maximum Gasteiger partial charge on any atom is 0.342 e. The number of carbonyl (C=O) groups excluding carboxylic acids is 2. The highest BCUT2D eigenvalue weighted by atomic mass is 32.1. The van der Waals surface area contributed by atoms with Crippen LogP contribution in [0.2, 0.25) is 0 Å². The number of esters is 1. The van der Waals surface area contributed by atoms with E-state index in [9.17, 15) is 14.4 Å². The summed E-state index contributed by atoms with van der Waals surface area (Å²) in [5, 5.41) is 11.6. The van der Waals surface area contributed by atoms with Gasteiger partial charge in [0.15, 0.2) is 0 Å². The monoisotopic (exact) mass is 405 g/mol. The third kappa shape index (κ3) is 5.90. The molecule has 1 aromatic carbocycles. The van der Waals surface area contributed by atoms with Gasteiger partial charge in [-0.1, -0.05) is 30.3 Å². The molecule has 2 rings (SSSR count). The molecule has 0 aliphatic rings. The summed E-state index contributed by atoms with van der Waals surface area (Å²) in [5.74, 6) is -2.26. The lowest BCUT2D eigenvalue weighted by Gasteiger charge is -2.20. The van der Waals surface area contributed by atoms with Gasteiger partial charge in [-0.3, -0.25) is 4.79 Å². The molecule has 7 nitrogen and oxygen atoms in total. The van der Waals surface area contributed by atoms with Gasteiger partial charge in [-0.15, -0.1) is 11.3 Å². The number of benzene rings is 1. The molecule has 1 aromatic heterocycles. The van der Waals surface area contributed by atoms with Crippen LogP contribution < -0.4 is 5.32 Å². The smallest absolute Gasteiger partial charge is 0.342 e. The van der Waals surface area contributed by atoms with E-state index in [1.54, 1.807) is 20.8 Å². The number of nitrogens with one attached hydrogen (secondary N) is 1. The largest absolute Gasteiger partial charge is 0.480 e. The molecule has 2 aromatic rings. The predicted octanol–water partition coefficient (Wildman–Crippen LogP) is 3.72. The topological polar surface area (TPSA) is 102 Å². The van der Waals surface area contributed by atoms with Crippen molar-refractivity contribution in [2.24, 2.45) is 0 Å². The van der Waals surface area contributed by atoms with Gasteiger partial charge in [0.25, 0.3) is 5.91 Å². The number of hydrogen-bond donors (Lipinski definition) is 2. The maximum atomic E-state index is 12.9. The predicted molar refractivity (Wildman–Crippen MR) is 107 cm³/mol. The van der Waals surface area contributed by atoms with Crippen LogP contribution in [-0.4, -0.2) is 41.8 Å². The number of anilines is 1. The van der Waals surface area contributed by atoms with Crippen molar-refractivity contribution in [2.75, 3.05) is 18.5 Å². The Kier molecular flexibility index (Phi) is 6.93. The Bertz CT molecular complexity index is 867. The van der Waals surface area contributed by atoms with Gasteiger partial charge in [0.05, 0.1) is 0 Å². The lowest BCUT2D eigenvalue weighted by Crippen LogP contribution is -2.25. The van der Waals surface area contributed by atoms with Gasteiger partial charge in [0.1, 0.15) is 29.4 Å². The Morgan fingerprint density at radius 1 is 1.11 bits per heavy atom. The number of amides is 1. The molecule has 0 bridgehead atoms. The van der Waals surface area contributed by atoms with Crippen molar-refractivity contribution in [3.8, 4) is 11.1 Å². The summed E-state index contributed by atoms with van der Waals surface area (Å²) in [6.45, 7) is 6.15. The van der Waals surface area contributed by atoms with E-state index in [-0.39, 0.29) is 5.56 Å². The number of carboxylic acid groups (broad SMARTS) is 1. The first kappa shape index (κ1) is 21.6. The summed E-state index contributed by atoms with van der Waals surface area (Å²) in [6.07, 6.45) is 0. The summed E-state index contributed by atoms with van der Waals surface area (Å²) in [4.78, 5) is 36.4. The van der Waals surface area contributed by atoms with Crippen LogP contribution in [0.1, 0.15) is 36.0 Å². The molecule has 0 atom stereocenters. The molecule has 0 aliphatic carbocycles. The minimum Gasteiger partial charge on any atom is -0.480 e. The first-order valence-electron chi connectivity index (χ1n) is 8.60. The van der Waals surface area contributed by atoms with Gasteiger partial charge in [0.2, 0.25) is 0 Å². The molecular weight excluding hydrogens is 382 g/mol. The molecule has 0 fully saturated rings. The van der Waals surface area contributed by atoms with Crippen LogP contribution in [0.3, 0.4) is 0 Å². The van der Waals surface area contributed by atoms with E-state index < -0.39 is 36.7 Å². The van der Waals surface area contributed by atoms with Crippen LogP contribution in [0.15, 0.2) is 30.3 Å². The van der Waals surface area contributed by atoms with Crippen molar-refractivity contribution in [1.29, 1.82) is 0 Å². The first-order chi connectivity index (χ1) is 13.1. The van der Waals surface area contributed by atoms with E-state index >= 15 is 0 Å². The minimum atomic E-state index is -1.17. The van der Waals surface area contributed by atoms with Gasteiger partial charge >= 0.3 is 11.9 Å². The molecule has 0 spiro atoms. The Labute approximate surface area is 167 Å². The summed E-state index contributed by atoms with van der Waals surface area (Å²) in [7, 11) is 0. The number of hydrogen-bond acceptors (Lipinski definition) is 6. The molecule has 1 amide bonds. The summed E-state index contributed by atoms with van der Waals surface area (Å²) < 4.78 is 10.4. The average molecular weight is 405 g/mol. The van der Waals surface area contributed by atoms with Gasteiger partial charge < -0.3 is 19.9 Å². The van der Waals surface area contributed by atoms with E-state index in [1.165, 1.54) is 11.3 Å². The van der Waals surface area contributed by atoms with Crippen LogP contribution in [0.25, 0.3) is 11.1 Å². The summed E-state index contributed by atoms with van der Waals surface area (Å²) in [6, 6.07) is 9.36. The number of carbonyl (C=O) groups is 3. The normalized spacial score (nSPS) is 11.1. The van der Waals surface area contributed by atoms with Crippen LogP contribution in [-0.2, 0) is 19.1 Å². The number of aryl methyl sites for hydroxylation is 1. The molecule has 28 heavy (non-hydrogen) atoms. The molecule has 150 valence electrons. The molecule has 1 heterocycles. The first-order valence-corrected chi connectivity index (χ1v) is 9.41. The number of aliphatic carboxylic acids is 1. The summed E-state index contributed by atoms with van der Waals surface area (Å²) in [5.41, 5.74) is 1.10. The van der Waals surface area contributed by atoms with Crippen molar-refractivity contribution in [1.82, 2.24) is 0 Å². The number of carboxylic acids is 1. The fourth-order valence-corrected chi connectivity index (χ4v) is 3.58. The van der Waals surface area contributed by atoms with E-state index in [4.69, 9.17) is 14.6 Å². The third-order valence-electron chi connectivity index (χ3n) is 3.46. The molecule has 2 N–H and O–H groups in total. The van der Waals surface area contributed by atoms with Crippen molar-refractivity contribution in [3.63, 3.8) is 0 Å². The minimum absolute atomic E-state index is 0.273. The van der Waals surface area contributed by atoms with E-state index in [0.29, 0.717) is 10.6 Å². The van der Waals surface area contributed by atoms with Crippen molar-refractivity contribution < 1.29 is 29.0 Å². The number of thiophene rings is 1. The highest BCUT2D eigenvalue weighted by molar-refractivity contribution is 7.17. The SMILES string of the molecule is Cc1sc(NC(=O)COCC(=O)O)c(C(=O)OC(C)(C)C)c1-c1ccccc1. The highest BCUT2D eigenvalue weighted by Crippen LogP contribution is 2.40. The fourth-order valence-electron chi connectivity index (χ4n) is 2.50. The van der Waals surface area contributed by atoms with Gasteiger partial charge in [-0.2, -0.15) is 0 Å². The van der Waals surface area contributed by atoms with Crippen LogP contribution in [0.5, 0.6) is 0 Å². The van der Waals surface area contributed by atoms with Gasteiger partial charge in [-0.25, -0.2) is 9.59 Å². The Hall–Kier alpha value is -2.71. The third-order valence-corrected chi connectivity index (χ3v) is 4.48. The molecule has 0 saturated heterocycles. The molecule has 8 heteroatoms. The zero-order valence-corrected chi connectivity index (χ0v) is 17.0. The lowest BCUT2D eigenvalue weighted by molar-refractivity contribution is -0.143. The number of rotatable bonds is 7. The Morgan fingerprint density at radius 2 is 1.75 bits per heavy atom. The maximum absolute atomic E-state index is 12.9. The second-order valence-corrected chi connectivity index (χ2v) is 8.26. The van der Waals surface area contributed by atoms with Crippen molar-refractivity contribution >= 4 is 34.2 Å². The van der Waals surface area contributed by atoms with Crippen molar-refractivity contribution in [2.45, 2.75) is 33.3 Å². The summed E-state index contributed by atoms with van der Waals surface area (Å²) >= 11 is 1.25. The van der Waals surface area contributed by atoms with Crippen molar-refractivity contribution in [3.05, 3.63) is 40.8 Å². The van der Waals surface area contributed by atoms with Gasteiger partial charge in [-0.05, 0) is 33.3 Å². The van der Waals surface area contributed by atoms with E-state index in [0.717, 1.165) is 10.4 Å². The van der Waals surface area contributed by atoms with Crippen LogP contribution in [0, 0.1) is 6.92 Å². The zero-order chi connectivity index (χ0) is 20.9. The highest BCUT2D eigenvalue weighted by Gasteiger charge is 2.28. The molecule has 0 saturated carbocycles. The fraction of sp³-hybridized carbons (Fsp3) is 0.350. The Balaban J connectivity index is 2.38. The lowest BCUT2D eigenvalue weighted by atomic mass is 10.0. The second-order valence-electron chi connectivity index (χ2n) is 7.04. The molecular formula is C20H23NO6S. The molecule has 0 radical (unpaired) electrons. The zero-order valence-electron chi connectivity index (χ0n) is 16.2. The van der Waals surface area contributed by atoms with Crippen LogP contribution in [0.4, 0.5) is 5.00 Å². The quantitative estimate of drug-likeness (QED) is 0.681. The number of ether oxygens (including phenoxy) is 2. The van der Waals surface area contributed by atoms with Crippen LogP contribution >= 0.6 is 11.3 Å². The van der Waals surface area contributed by atoms with E-state index in [1.807, 2.05) is 37.3 Å². The molecule has 0 unspecified atom stereocenters. The molecule has 0 aliphatic heterocycles. The van der Waals surface area contributed by atoms with Gasteiger partial charge in [0, 0.05) is 10.4 Å². The van der Waals surface area contributed by atoms with E-state index in [2.05, 4.69) is 5.32 Å².